The number of benzene rings is 1. The van der Waals surface area contributed by atoms with Crippen molar-refractivity contribution in [2.24, 2.45) is 5.92 Å². The number of sulfonamides is 1. The summed E-state index contributed by atoms with van der Waals surface area (Å²) in [7, 11) is -3.54. The molecule has 1 aliphatic rings. The molecule has 1 atom stereocenters. The normalized spacial score (nSPS) is 20.3. The molecule has 1 aliphatic heterocycles. The number of amides is 1. The fraction of sp³-hybridized carbons (Fsp3) is 0.562. The number of piperazine rings is 1. The Balaban J connectivity index is 2.11. The number of halogens is 1. The van der Waals surface area contributed by atoms with Crippen LogP contribution < -0.4 is 0 Å². The van der Waals surface area contributed by atoms with Crippen LogP contribution >= 0.6 is 11.6 Å². The van der Waals surface area contributed by atoms with E-state index in [2.05, 4.69) is 0 Å². The molecule has 2 rings (SSSR count). The number of hydrogen-bond acceptors (Lipinski definition) is 3. The number of carbonyl (C=O) groups is 1. The molecule has 0 radical (unpaired) electrons. The van der Waals surface area contributed by atoms with Gasteiger partial charge >= 0.3 is 0 Å². The standard InChI is InChI=1S/C16H23ClN2O3S/c1-12(2)10-18-8-9-19(13(3)16(18)20)23(21,22)11-14-4-6-15(17)7-5-14/h4-7,12-13H,8-11H2,1-3H3/t13-/m1/s1. The van der Waals surface area contributed by atoms with Gasteiger partial charge in [-0.15, -0.1) is 0 Å². The maximum Gasteiger partial charge on any atom is 0.240 e. The molecule has 0 saturated carbocycles. The Kier molecular flexibility index (Phi) is 5.70. The van der Waals surface area contributed by atoms with Gasteiger partial charge in [-0.25, -0.2) is 8.42 Å². The van der Waals surface area contributed by atoms with Crippen LogP contribution in [0.2, 0.25) is 5.02 Å². The second-order valence-electron chi connectivity index (χ2n) is 6.35. The van der Waals surface area contributed by atoms with Gasteiger partial charge in [0, 0.05) is 24.7 Å². The minimum absolute atomic E-state index is 0.119. The van der Waals surface area contributed by atoms with E-state index in [-0.39, 0.29) is 11.7 Å². The molecule has 23 heavy (non-hydrogen) atoms. The Bertz CT molecular complexity index is 658. The lowest BCUT2D eigenvalue weighted by Gasteiger charge is -2.39. The van der Waals surface area contributed by atoms with Crippen LogP contribution in [0, 0.1) is 5.92 Å². The maximum atomic E-state index is 12.6. The van der Waals surface area contributed by atoms with Crippen LogP contribution in [0.5, 0.6) is 0 Å². The number of carbonyl (C=O) groups excluding carboxylic acids is 1. The number of nitrogens with zero attached hydrogens (tertiary/aromatic N) is 2. The molecule has 0 N–H and O–H groups in total. The van der Waals surface area contributed by atoms with Gasteiger partial charge in [-0.1, -0.05) is 37.6 Å². The quantitative estimate of drug-likeness (QED) is 0.811. The van der Waals surface area contributed by atoms with Crippen molar-refractivity contribution in [2.75, 3.05) is 19.6 Å². The second-order valence-corrected chi connectivity index (χ2v) is 8.71. The van der Waals surface area contributed by atoms with E-state index in [0.29, 0.717) is 36.1 Å². The molecule has 1 heterocycles. The van der Waals surface area contributed by atoms with Crippen LogP contribution in [0.15, 0.2) is 24.3 Å². The lowest BCUT2D eigenvalue weighted by Crippen LogP contribution is -2.58. The van der Waals surface area contributed by atoms with Gasteiger partial charge in [-0.3, -0.25) is 4.79 Å². The first-order valence-electron chi connectivity index (χ1n) is 7.73. The molecule has 0 aliphatic carbocycles. The van der Waals surface area contributed by atoms with Gasteiger partial charge in [0.15, 0.2) is 0 Å². The second kappa shape index (κ2) is 7.20. The zero-order valence-corrected chi connectivity index (χ0v) is 15.3. The van der Waals surface area contributed by atoms with Crippen molar-refractivity contribution < 1.29 is 13.2 Å². The van der Waals surface area contributed by atoms with E-state index in [9.17, 15) is 13.2 Å². The first kappa shape index (κ1) is 18.2. The van der Waals surface area contributed by atoms with Crippen LogP contribution in [0.3, 0.4) is 0 Å². The van der Waals surface area contributed by atoms with Crippen molar-refractivity contribution in [1.82, 2.24) is 9.21 Å². The van der Waals surface area contributed by atoms with E-state index in [0.717, 1.165) is 0 Å². The highest BCUT2D eigenvalue weighted by atomic mass is 35.5. The summed E-state index contributed by atoms with van der Waals surface area (Å²) in [5, 5.41) is 0.567. The van der Waals surface area contributed by atoms with Crippen molar-refractivity contribution in [3.63, 3.8) is 0 Å². The van der Waals surface area contributed by atoms with Crippen LogP contribution in [-0.2, 0) is 20.6 Å². The molecule has 1 saturated heterocycles. The molecule has 0 aromatic heterocycles. The third-order valence-electron chi connectivity index (χ3n) is 3.90. The topological polar surface area (TPSA) is 57.7 Å². The van der Waals surface area contributed by atoms with Gasteiger partial charge in [-0.05, 0) is 30.5 Å². The van der Waals surface area contributed by atoms with E-state index in [1.54, 1.807) is 36.1 Å². The van der Waals surface area contributed by atoms with Gasteiger partial charge in [0.05, 0.1) is 5.75 Å². The fourth-order valence-electron chi connectivity index (χ4n) is 2.79. The Morgan fingerprint density at radius 3 is 2.39 bits per heavy atom. The van der Waals surface area contributed by atoms with Gasteiger partial charge in [0.1, 0.15) is 6.04 Å². The van der Waals surface area contributed by atoms with E-state index >= 15 is 0 Å². The van der Waals surface area contributed by atoms with Crippen molar-refractivity contribution >= 4 is 27.5 Å². The molecular weight excluding hydrogens is 336 g/mol. The molecule has 0 spiro atoms. The Hall–Kier alpha value is -1.11. The highest BCUT2D eigenvalue weighted by Gasteiger charge is 2.38. The fourth-order valence-corrected chi connectivity index (χ4v) is 4.62. The molecule has 1 amide bonds. The Labute approximate surface area is 143 Å². The molecule has 0 unspecified atom stereocenters. The highest BCUT2D eigenvalue weighted by molar-refractivity contribution is 7.88. The summed E-state index contributed by atoms with van der Waals surface area (Å²) >= 11 is 5.82. The molecule has 1 aromatic carbocycles. The molecular formula is C16H23ClN2O3S. The molecule has 5 nitrogen and oxygen atoms in total. The van der Waals surface area contributed by atoms with E-state index in [1.165, 1.54) is 4.31 Å². The number of rotatable bonds is 5. The third kappa shape index (κ3) is 4.46. The van der Waals surface area contributed by atoms with Crippen LogP contribution in [0.25, 0.3) is 0 Å². The summed E-state index contributed by atoms with van der Waals surface area (Å²) in [5.74, 6) is 0.124. The third-order valence-corrected chi connectivity index (χ3v) is 6.06. The SMILES string of the molecule is CC(C)CN1CCN(S(=O)(=O)Cc2ccc(Cl)cc2)[C@H](C)C1=O. The summed E-state index contributed by atoms with van der Waals surface area (Å²) < 4.78 is 26.6. The lowest BCUT2D eigenvalue weighted by atomic mass is 10.1. The smallest absolute Gasteiger partial charge is 0.240 e. The van der Waals surface area contributed by atoms with E-state index in [4.69, 9.17) is 11.6 Å². The predicted octanol–water partition coefficient (Wildman–Crippen LogP) is 2.36. The molecule has 7 heteroatoms. The highest BCUT2D eigenvalue weighted by Crippen LogP contribution is 2.20. The monoisotopic (exact) mass is 358 g/mol. The summed E-state index contributed by atoms with van der Waals surface area (Å²) in [5.41, 5.74) is 0.665. The van der Waals surface area contributed by atoms with Gasteiger partial charge in [0.25, 0.3) is 0 Å². The predicted molar refractivity (Wildman–Crippen MR) is 91.7 cm³/mol. The average molecular weight is 359 g/mol. The minimum atomic E-state index is -3.54. The number of hydrogen-bond donors (Lipinski definition) is 0. The molecule has 1 aromatic rings. The summed E-state index contributed by atoms with van der Waals surface area (Å²) in [6.45, 7) is 7.20. The summed E-state index contributed by atoms with van der Waals surface area (Å²) in [4.78, 5) is 14.2. The first-order chi connectivity index (χ1) is 10.7. The van der Waals surface area contributed by atoms with Gasteiger partial charge < -0.3 is 4.90 Å². The zero-order valence-electron chi connectivity index (χ0n) is 13.7. The molecule has 0 bridgehead atoms. The lowest BCUT2D eigenvalue weighted by molar-refractivity contribution is -0.138. The van der Waals surface area contributed by atoms with Crippen LogP contribution in [-0.4, -0.2) is 49.2 Å². The Morgan fingerprint density at radius 1 is 1.22 bits per heavy atom. The molecule has 128 valence electrons. The zero-order chi connectivity index (χ0) is 17.2. The summed E-state index contributed by atoms with van der Waals surface area (Å²) in [6, 6.07) is 6.08. The van der Waals surface area contributed by atoms with Crippen molar-refractivity contribution in [3.05, 3.63) is 34.9 Å². The van der Waals surface area contributed by atoms with Crippen molar-refractivity contribution in [3.8, 4) is 0 Å². The summed E-state index contributed by atoms with van der Waals surface area (Å²) in [6.07, 6.45) is 0. The Morgan fingerprint density at radius 2 is 1.83 bits per heavy atom. The first-order valence-corrected chi connectivity index (χ1v) is 9.72. The largest absolute Gasteiger partial charge is 0.340 e. The van der Waals surface area contributed by atoms with Crippen molar-refractivity contribution in [1.29, 1.82) is 0 Å². The average Bonchev–Trinajstić information content (AvgIpc) is 2.45. The van der Waals surface area contributed by atoms with E-state index < -0.39 is 16.1 Å². The minimum Gasteiger partial charge on any atom is -0.340 e. The van der Waals surface area contributed by atoms with Crippen molar-refractivity contribution in [2.45, 2.75) is 32.6 Å². The van der Waals surface area contributed by atoms with E-state index in [1.807, 2.05) is 13.8 Å². The maximum absolute atomic E-state index is 12.6. The van der Waals surface area contributed by atoms with Gasteiger partial charge in [0.2, 0.25) is 15.9 Å². The van der Waals surface area contributed by atoms with Crippen LogP contribution in [0.1, 0.15) is 26.3 Å². The van der Waals surface area contributed by atoms with Gasteiger partial charge in [-0.2, -0.15) is 4.31 Å². The molecule has 1 fully saturated rings. The van der Waals surface area contributed by atoms with Crippen LogP contribution in [0.4, 0.5) is 0 Å².